The average Bonchev–Trinajstić information content (AvgIpc) is 2.67. The Kier molecular flexibility index (Phi) is 3.87. The molecule has 1 aromatic carbocycles. The molecule has 4 heteroatoms. The van der Waals surface area contributed by atoms with Crippen LogP contribution in [0.5, 0.6) is 0 Å². The first-order valence-corrected chi connectivity index (χ1v) is 6.55. The van der Waals surface area contributed by atoms with Gasteiger partial charge in [-0.15, -0.1) is 0 Å². The molecular weight excluding hydrogens is 226 g/mol. The van der Waals surface area contributed by atoms with E-state index in [4.69, 9.17) is 5.73 Å². The van der Waals surface area contributed by atoms with Crippen molar-refractivity contribution < 1.29 is 4.79 Å². The first-order chi connectivity index (χ1) is 8.65. The number of carbonyl (C=O) groups excluding carboxylic acids is 1. The molecule has 18 heavy (non-hydrogen) atoms. The Morgan fingerprint density at radius 2 is 2.06 bits per heavy atom. The summed E-state index contributed by atoms with van der Waals surface area (Å²) in [5, 5.41) is 0. The lowest BCUT2D eigenvalue weighted by Crippen LogP contribution is -2.35. The molecule has 4 nitrogen and oxygen atoms in total. The van der Waals surface area contributed by atoms with Gasteiger partial charge in [0, 0.05) is 30.9 Å². The van der Waals surface area contributed by atoms with E-state index >= 15 is 0 Å². The molecule has 1 aromatic rings. The maximum atomic E-state index is 12.2. The van der Waals surface area contributed by atoms with Crippen molar-refractivity contribution in [3.05, 3.63) is 29.3 Å². The highest BCUT2D eigenvalue weighted by atomic mass is 16.2. The van der Waals surface area contributed by atoms with Gasteiger partial charge in [0.1, 0.15) is 0 Å². The van der Waals surface area contributed by atoms with E-state index in [1.807, 2.05) is 17.0 Å². The van der Waals surface area contributed by atoms with Gasteiger partial charge >= 0.3 is 0 Å². The SMILES string of the molecule is CCN(CC)CCN1Cc2cc(N)ccc2C1=O. The number of hydrogen-bond donors (Lipinski definition) is 1. The van der Waals surface area contributed by atoms with E-state index < -0.39 is 0 Å². The van der Waals surface area contributed by atoms with Crippen molar-refractivity contribution in [2.24, 2.45) is 0 Å². The fraction of sp³-hybridized carbons (Fsp3) is 0.500. The maximum Gasteiger partial charge on any atom is 0.254 e. The van der Waals surface area contributed by atoms with E-state index in [2.05, 4.69) is 18.7 Å². The van der Waals surface area contributed by atoms with Crippen molar-refractivity contribution in [3.8, 4) is 0 Å². The summed E-state index contributed by atoms with van der Waals surface area (Å²) < 4.78 is 0. The van der Waals surface area contributed by atoms with Crippen LogP contribution in [0.4, 0.5) is 5.69 Å². The highest BCUT2D eigenvalue weighted by Crippen LogP contribution is 2.24. The largest absolute Gasteiger partial charge is 0.399 e. The van der Waals surface area contributed by atoms with E-state index in [0.29, 0.717) is 6.54 Å². The number of rotatable bonds is 5. The lowest BCUT2D eigenvalue weighted by Gasteiger charge is -2.22. The minimum absolute atomic E-state index is 0.136. The van der Waals surface area contributed by atoms with Crippen molar-refractivity contribution in [1.29, 1.82) is 0 Å². The molecule has 1 aliphatic rings. The van der Waals surface area contributed by atoms with Crippen molar-refractivity contribution >= 4 is 11.6 Å². The smallest absolute Gasteiger partial charge is 0.254 e. The molecule has 0 bridgehead atoms. The van der Waals surface area contributed by atoms with Gasteiger partial charge in [-0.05, 0) is 36.9 Å². The van der Waals surface area contributed by atoms with Crippen LogP contribution in [0.25, 0.3) is 0 Å². The summed E-state index contributed by atoms with van der Waals surface area (Å²) in [4.78, 5) is 16.4. The van der Waals surface area contributed by atoms with Gasteiger partial charge in [0.2, 0.25) is 0 Å². The number of nitrogens with zero attached hydrogens (tertiary/aromatic N) is 2. The first kappa shape index (κ1) is 12.9. The normalized spacial score (nSPS) is 14.4. The minimum Gasteiger partial charge on any atom is -0.399 e. The number of amides is 1. The zero-order valence-corrected chi connectivity index (χ0v) is 11.1. The minimum atomic E-state index is 0.136. The number of benzene rings is 1. The zero-order valence-electron chi connectivity index (χ0n) is 11.1. The van der Waals surface area contributed by atoms with Gasteiger partial charge in [-0.1, -0.05) is 13.8 Å². The van der Waals surface area contributed by atoms with Gasteiger partial charge in [-0.25, -0.2) is 0 Å². The summed E-state index contributed by atoms with van der Waals surface area (Å²) in [6, 6.07) is 5.54. The van der Waals surface area contributed by atoms with E-state index in [0.717, 1.165) is 43.0 Å². The van der Waals surface area contributed by atoms with Crippen LogP contribution in [0.1, 0.15) is 29.8 Å². The van der Waals surface area contributed by atoms with Crippen molar-refractivity contribution in [2.75, 3.05) is 31.9 Å². The summed E-state index contributed by atoms with van der Waals surface area (Å²) in [5.41, 5.74) is 8.34. The quantitative estimate of drug-likeness (QED) is 0.803. The monoisotopic (exact) mass is 247 g/mol. The average molecular weight is 247 g/mol. The molecule has 2 rings (SSSR count). The standard InChI is InChI=1S/C14H21N3O/c1-3-16(4-2)7-8-17-10-11-9-12(15)5-6-13(11)14(17)18/h5-6,9H,3-4,7-8,10,15H2,1-2H3. The van der Waals surface area contributed by atoms with Gasteiger partial charge in [0.15, 0.2) is 0 Å². The second-order valence-corrected chi connectivity index (χ2v) is 4.67. The van der Waals surface area contributed by atoms with Crippen LogP contribution in [-0.2, 0) is 6.54 Å². The van der Waals surface area contributed by atoms with Gasteiger partial charge in [-0.3, -0.25) is 4.79 Å². The lowest BCUT2D eigenvalue weighted by atomic mass is 10.1. The number of carbonyl (C=O) groups is 1. The Hall–Kier alpha value is -1.55. The topological polar surface area (TPSA) is 49.6 Å². The molecule has 0 atom stereocenters. The Morgan fingerprint density at radius 1 is 1.33 bits per heavy atom. The van der Waals surface area contributed by atoms with E-state index in [9.17, 15) is 4.79 Å². The van der Waals surface area contributed by atoms with Crippen LogP contribution in [0.2, 0.25) is 0 Å². The molecule has 0 saturated carbocycles. The highest BCUT2D eigenvalue weighted by molar-refractivity contribution is 5.98. The third-order valence-electron chi connectivity index (χ3n) is 3.59. The fourth-order valence-corrected chi connectivity index (χ4v) is 2.38. The number of anilines is 1. The van der Waals surface area contributed by atoms with Gasteiger partial charge < -0.3 is 15.5 Å². The maximum absolute atomic E-state index is 12.2. The van der Waals surface area contributed by atoms with Crippen molar-refractivity contribution in [2.45, 2.75) is 20.4 Å². The summed E-state index contributed by atoms with van der Waals surface area (Å²) in [6.07, 6.45) is 0. The predicted molar refractivity (Wildman–Crippen MR) is 73.4 cm³/mol. The number of likely N-dealkylation sites (N-methyl/N-ethyl adjacent to an activating group) is 1. The molecule has 0 aliphatic carbocycles. The second kappa shape index (κ2) is 5.40. The van der Waals surface area contributed by atoms with Gasteiger partial charge in [0.05, 0.1) is 0 Å². The second-order valence-electron chi connectivity index (χ2n) is 4.67. The van der Waals surface area contributed by atoms with Crippen LogP contribution in [0.3, 0.4) is 0 Å². The van der Waals surface area contributed by atoms with Crippen LogP contribution in [0.15, 0.2) is 18.2 Å². The van der Waals surface area contributed by atoms with E-state index in [-0.39, 0.29) is 5.91 Å². The summed E-state index contributed by atoms with van der Waals surface area (Å²) in [6.45, 7) is 8.75. The van der Waals surface area contributed by atoms with Gasteiger partial charge in [0.25, 0.3) is 5.91 Å². The lowest BCUT2D eigenvalue weighted by molar-refractivity contribution is 0.0760. The molecule has 2 N–H and O–H groups in total. The molecule has 98 valence electrons. The molecule has 1 aliphatic heterocycles. The third-order valence-corrected chi connectivity index (χ3v) is 3.59. The van der Waals surface area contributed by atoms with E-state index in [1.165, 1.54) is 0 Å². The van der Waals surface area contributed by atoms with Crippen LogP contribution >= 0.6 is 0 Å². The fourth-order valence-electron chi connectivity index (χ4n) is 2.38. The number of nitrogens with two attached hydrogens (primary N) is 1. The molecule has 0 spiro atoms. The zero-order chi connectivity index (χ0) is 13.1. The van der Waals surface area contributed by atoms with E-state index in [1.54, 1.807) is 6.07 Å². The molecule has 0 radical (unpaired) electrons. The summed E-state index contributed by atoms with van der Waals surface area (Å²) in [7, 11) is 0. The van der Waals surface area contributed by atoms with Crippen LogP contribution in [-0.4, -0.2) is 41.9 Å². The Labute approximate surface area is 108 Å². The molecule has 1 heterocycles. The number of hydrogen-bond acceptors (Lipinski definition) is 3. The van der Waals surface area contributed by atoms with Gasteiger partial charge in [-0.2, -0.15) is 0 Å². The molecular formula is C14H21N3O. The summed E-state index contributed by atoms with van der Waals surface area (Å²) in [5.74, 6) is 0.136. The molecule has 0 fully saturated rings. The number of nitrogen functional groups attached to an aromatic ring is 1. The molecule has 0 saturated heterocycles. The molecule has 0 unspecified atom stereocenters. The molecule has 0 aromatic heterocycles. The van der Waals surface area contributed by atoms with Crippen molar-refractivity contribution in [3.63, 3.8) is 0 Å². The molecule has 1 amide bonds. The number of fused-ring (bicyclic) bond motifs is 1. The highest BCUT2D eigenvalue weighted by Gasteiger charge is 2.26. The third kappa shape index (κ3) is 2.48. The Morgan fingerprint density at radius 3 is 2.72 bits per heavy atom. The Bertz CT molecular complexity index is 441. The predicted octanol–water partition coefficient (Wildman–Crippen LogP) is 1.57. The first-order valence-electron chi connectivity index (χ1n) is 6.55. The summed E-state index contributed by atoms with van der Waals surface area (Å²) >= 11 is 0. The Balaban J connectivity index is 2.01. The van der Waals surface area contributed by atoms with Crippen LogP contribution < -0.4 is 5.73 Å². The van der Waals surface area contributed by atoms with Crippen LogP contribution in [0, 0.1) is 0 Å². The van der Waals surface area contributed by atoms with Crippen molar-refractivity contribution in [1.82, 2.24) is 9.80 Å².